The van der Waals surface area contributed by atoms with Crippen molar-refractivity contribution in [1.29, 1.82) is 0 Å². The Morgan fingerprint density at radius 1 is 1.11 bits per heavy atom. The number of rotatable bonds is 7. The summed E-state index contributed by atoms with van der Waals surface area (Å²) in [5, 5.41) is 4.03. The lowest BCUT2D eigenvalue weighted by Gasteiger charge is -2.34. The summed E-state index contributed by atoms with van der Waals surface area (Å²) in [6, 6.07) is 18.3. The van der Waals surface area contributed by atoms with Crippen molar-refractivity contribution in [1.82, 2.24) is 5.32 Å². The average molecular weight is 387 g/mol. The lowest BCUT2D eigenvalue weighted by molar-refractivity contribution is -0.892. The van der Waals surface area contributed by atoms with Gasteiger partial charge in [0.1, 0.15) is 0 Å². The monoisotopic (exact) mass is 386 g/mol. The molecule has 3 rings (SSSR count). The summed E-state index contributed by atoms with van der Waals surface area (Å²) >= 11 is 6.31. The summed E-state index contributed by atoms with van der Waals surface area (Å²) in [6.45, 7) is 6.42. The van der Waals surface area contributed by atoms with Crippen LogP contribution in [0.5, 0.6) is 0 Å². The van der Waals surface area contributed by atoms with Crippen molar-refractivity contribution in [2.24, 2.45) is 0 Å². The molecule has 0 aliphatic carbocycles. The maximum absolute atomic E-state index is 12.6. The Labute approximate surface area is 167 Å². The lowest BCUT2D eigenvalue weighted by atomic mass is 10.0. The van der Waals surface area contributed by atoms with E-state index in [0.717, 1.165) is 49.7 Å². The number of halogens is 1. The molecule has 1 aliphatic rings. The van der Waals surface area contributed by atoms with E-state index in [1.807, 2.05) is 36.4 Å². The van der Waals surface area contributed by atoms with Crippen molar-refractivity contribution in [3.05, 3.63) is 65.2 Å². The van der Waals surface area contributed by atoms with Crippen molar-refractivity contribution in [3.8, 4) is 0 Å². The van der Waals surface area contributed by atoms with Crippen LogP contribution in [0.2, 0.25) is 5.02 Å². The van der Waals surface area contributed by atoms with Gasteiger partial charge in [-0.1, -0.05) is 67.4 Å². The molecule has 27 heavy (non-hydrogen) atoms. The van der Waals surface area contributed by atoms with E-state index < -0.39 is 0 Å². The molecule has 0 unspecified atom stereocenters. The van der Waals surface area contributed by atoms with Gasteiger partial charge in [-0.05, 0) is 24.1 Å². The molecule has 0 spiro atoms. The Morgan fingerprint density at radius 3 is 2.44 bits per heavy atom. The highest BCUT2D eigenvalue weighted by Gasteiger charge is 2.24. The Morgan fingerprint density at radius 2 is 1.78 bits per heavy atom. The predicted molar refractivity (Wildman–Crippen MR) is 111 cm³/mol. The highest BCUT2D eigenvalue weighted by molar-refractivity contribution is 6.33. The standard InChI is InChI=1S/C22H28ClN3O/c1-2-8-20(18-9-4-3-5-10-18)24-22(27)17-25-13-15-26(16-14-25)21-12-7-6-11-19(21)23/h3-7,9-12,20H,2,8,13-17H2,1H3,(H,24,27)/p+1/t20-/m0/s1. The average Bonchev–Trinajstić information content (AvgIpc) is 2.69. The molecule has 144 valence electrons. The Balaban J connectivity index is 1.51. The summed E-state index contributed by atoms with van der Waals surface area (Å²) < 4.78 is 0. The van der Waals surface area contributed by atoms with Crippen molar-refractivity contribution in [2.45, 2.75) is 25.8 Å². The van der Waals surface area contributed by atoms with Gasteiger partial charge in [-0.25, -0.2) is 0 Å². The van der Waals surface area contributed by atoms with Gasteiger partial charge in [0.15, 0.2) is 6.54 Å². The van der Waals surface area contributed by atoms with Crippen LogP contribution in [0.3, 0.4) is 0 Å². The zero-order valence-electron chi connectivity index (χ0n) is 16.0. The van der Waals surface area contributed by atoms with Gasteiger partial charge in [0.25, 0.3) is 5.91 Å². The fraction of sp³-hybridized carbons (Fsp3) is 0.409. The highest BCUT2D eigenvalue weighted by atomic mass is 35.5. The van der Waals surface area contributed by atoms with Gasteiger partial charge in [-0.15, -0.1) is 0 Å². The highest BCUT2D eigenvalue weighted by Crippen LogP contribution is 2.24. The second-order valence-electron chi connectivity index (χ2n) is 7.18. The van der Waals surface area contributed by atoms with Crippen LogP contribution < -0.4 is 15.1 Å². The largest absolute Gasteiger partial charge is 0.359 e. The zero-order chi connectivity index (χ0) is 19.1. The minimum absolute atomic E-state index is 0.104. The number of anilines is 1. The number of nitrogens with zero attached hydrogens (tertiary/aromatic N) is 1. The van der Waals surface area contributed by atoms with E-state index in [9.17, 15) is 4.79 Å². The molecule has 4 nitrogen and oxygen atoms in total. The summed E-state index contributed by atoms with van der Waals surface area (Å²) in [5.41, 5.74) is 2.28. The number of amides is 1. The Kier molecular flexibility index (Phi) is 7.13. The fourth-order valence-electron chi connectivity index (χ4n) is 3.72. The number of hydrogen-bond donors (Lipinski definition) is 2. The van der Waals surface area contributed by atoms with Crippen molar-refractivity contribution >= 4 is 23.2 Å². The van der Waals surface area contributed by atoms with E-state index >= 15 is 0 Å². The molecular formula is C22H29ClN3O+. The minimum Gasteiger partial charge on any atom is -0.359 e. The third kappa shape index (κ3) is 5.47. The van der Waals surface area contributed by atoms with Gasteiger partial charge in [-0.2, -0.15) is 0 Å². The number of benzene rings is 2. The van der Waals surface area contributed by atoms with Crippen molar-refractivity contribution in [3.63, 3.8) is 0 Å². The molecule has 1 aliphatic heterocycles. The third-order valence-electron chi connectivity index (χ3n) is 5.19. The molecule has 1 atom stereocenters. The summed E-state index contributed by atoms with van der Waals surface area (Å²) in [4.78, 5) is 16.3. The van der Waals surface area contributed by atoms with Crippen LogP contribution in [0.1, 0.15) is 31.4 Å². The number of piperazine rings is 1. The summed E-state index contributed by atoms with van der Waals surface area (Å²) in [5.74, 6) is 0.137. The molecule has 0 aromatic heterocycles. The molecule has 2 aromatic rings. The van der Waals surface area contributed by atoms with Gasteiger partial charge < -0.3 is 15.1 Å². The van der Waals surface area contributed by atoms with E-state index in [0.29, 0.717) is 6.54 Å². The van der Waals surface area contributed by atoms with E-state index in [1.54, 1.807) is 0 Å². The molecule has 5 heteroatoms. The van der Waals surface area contributed by atoms with Crippen molar-refractivity contribution in [2.75, 3.05) is 37.6 Å². The summed E-state index contributed by atoms with van der Waals surface area (Å²) in [7, 11) is 0. The van der Waals surface area contributed by atoms with Crippen LogP contribution >= 0.6 is 11.6 Å². The first kappa shape index (κ1) is 19.7. The first-order valence-corrected chi connectivity index (χ1v) is 10.2. The predicted octanol–water partition coefficient (Wildman–Crippen LogP) is 2.70. The number of carbonyl (C=O) groups excluding carboxylic acids is 1. The van der Waals surface area contributed by atoms with Crippen LogP contribution in [0, 0.1) is 0 Å². The number of para-hydroxylation sites is 1. The SMILES string of the molecule is CCC[C@H](NC(=O)C[NH+]1CCN(c2ccccc2Cl)CC1)c1ccccc1. The minimum atomic E-state index is 0.104. The number of carbonyl (C=O) groups is 1. The maximum atomic E-state index is 12.6. The van der Waals surface area contributed by atoms with Gasteiger partial charge >= 0.3 is 0 Å². The Bertz CT molecular complexity index is 729. The van der Waals surface area contributed by atoms with Gasteiger partial charge in [0, 0.05) is 0 Å². The molecule has 1 saturated heterocycles. The molecule has 0 radical (unpaired) electrons. The van der Waals surface area contributed by atoms with Crippen LogP contribution in [0.15, 0.2) is 54.6 Å². The van der Waals surface area contributed by atoms with Gasteiger partial charge in [0.2, 0.25) is 0 Å². The lowest BCUT2D eigenvalue weighted by Crippen LogP contribution is -3.16. The van der Waals surface area contributed by atoms with Crippen LogP contribution in [0.4, 0.5) is 5.69 Å². The first-order valence-electron chi connectivity index (χ1n) is 9.84. The molecule has 0 bridgehead atoms. The second kappa shape index (κ2) is 9.77. The molecule has 1 fully saturated rings. The van der Waals surface area contributed by atoms with E-state index in [2.05, 4.69) is 35.3 Å². The second-order valence-corrected chi connectivity index (χ2v) is 7.59. The number of quaternary nitrogens is 1. The van der Waals surface area contributed by atoms with Crippen LogP contribution in [0.25, 0.3) is 0 Å². The van der Waals surface area contributed by atoms with E-state index in [-0.39, 0.29) is 11.9 Å². The number of nitrogens with one attached hydrogen (secondary N) is 2. The van der Waals surface area contributed by atoms with Crippen molar-refractivity contribution < 1.29 is 9.69 Å². The molecule has 1 amide bonds. The van der Waals surface area contributed by atoms with E-state index in [4.69, 9.17) is 11.6 Å². The third-order valence-corrected chi connectivity index (χ3v) is 5.51. The number of hydrogen-bond acceptors (Lipinski definition) is 2. The smallest absolute Gasteiger partial charge is 0.275 e. The van der Waals surface area contributed by atoms with Crippen LogP contribution in [-0.2, 0) is 4.79 Å². The topological polar surface area (TPSA) is 36.8 Å². The fourth-order valence-corrected chi connectivity index (χ4v) is 3.97. The molecule has 1 heterocycles. The van der Waals surface area contributed by atoms with Crippen LogP contribution in [-0.4, -0.2) is 38.6 Å². The normalized spacial score (nSPS) is 16.1. The quantitative estimate of drug-likeness (QED) is 0.767. The molecule has 2 aromatic carbocycles. The molecule has 0 saturated carbocycles. The van der Waals surface area contributed by atoms with Gasteiger partial charge in [0.05, 0.1) is 42.9 Å². The maximum Gasteiger partial charge on any atom is 0.275 e. The summed E-state index contributed by atoms with van der Waals surface area (Å²) in [6.07, 6.45) is 2.01. The Hall–Kier alpha value is -2.04. The molecule has 2 N–H and O–H groups in total. The van der Waals surface area contributed by atoms with Gasteiger partial charge in [-0.3, -0.25) is 4.79 Å². The first-order chi connectivity index (χ1) is 13.2. The van der Waals surface area contributed by atoms with E-state index in [1.165, 1.54) is 10.5 Å². The molecular weight excluding hydrogens is 358 g/mol. The zero-order valence-corrected chi connectivity index (χ0v) is 16.7.